The summed E-state index contributed by atoms with van der Waals surface area (Å²) in [6.45, 7) is 2.07. The van der Waals surface area contributed by atoms with Gasteiger partial charge in [0.15, 0.2) is 0 Å². The Morgan fingerprint density at radius 3 is 2.86 bits per heavy atom. The van der Waals surface area contributed by atoms with Crippen LogP contribution in [0.5, 0.6) is 5.75 Å². The molecular formula is C11H10O2S. The highest BCUT2D eigenvalue weighted by molar-refractivity contribution is 7.19. The number of hydrogen-bond donors (Lipinski definition) is 1. The van der Waals surface area contributed by atoms with Crippen molar-refractivity contribution >= 4 is 27.7 Å². The van der Waals surface area contributed by atoms with Crippen molar-refractivity contribution in [3.63, 3.8) is 0 Å². The molecule has 0 radical (unpaired) electrons. The van der Waals surface area contributed by atoms with E-state index in [4.69, 9.17) is 0 Å². The number of fused-ring (bicyclic) bond motifs is 1. The molecule has 0 amide bonds. The van der Waals surface area contributed by atoms with Gasteiger partial charge in [-0.05, 0) is 30.0 Å². The molecule has 2 rings (SSSR count). The van der Waals surface area contributed by atoms with Crippen molar-refractivity contribution in [1.29, 1.82) is 0 Å². The topological polar surface area (TPSA) is 37.3 Å². The lowest BCUT2D eigenvalue weighted by Gasteiger charge is -1.95. The van der Waals surface area contributed by atoms with E-state index in [1.165, 1.54) is 10.9 Å². The summed E-state index contributed by atoms with van der Waals surface area (Å²) in [5.41, 5.74) is 0.524. The summed E-state index contributed by atoms with van der Waals surface area (Å²) in [5, 5.41) is 10.6. The van der Waals surface area contributed by atoms with Gasteiger partial charge in [0.25, 0.3) is 0 Å². The quantitative estimate of drug-likeness (QED) is 0.767. The number of carbonyl (C=O) groups excluding carboxylic acids is 1. The molecule has 0 saturated carbocycles. The summed E-state index contributed by atoms with van der Waals surface area (Å²) in [7, 11) is 0. The van der Waals surface area contributed by atoms with Crippen LogP contribution in [0, 0.1) is 0 Å². The summed E-state index contributed by atoms with van der Waals surface area (Å²) in [6.07, 6.45) is 1.71. The van der Waals surface area contributed by atoms with Gasteiger partial charge in [0, 0.05) is 10.4 Å². The van der Waals surface area contributed by atoms with Gasteiger partial charge in [0.05, 0.1) is 4.70 Å². The maximum atomic E-state index is 10.6. The molecule has 0 bridgehead atoms. The monoisotopic (exact) mass is 206 g/mol. The zero-order valence-electron chi connectivity index (χ0n) is 7.78. The Kier molecular flexibility index (Phi) is 2.25. The van der Waals surface area contributed by atoms with E-state index in [1.54, 1.807) is 17.4 Å². The van der Waals surface area contributed by atoms with Crippen molar-refractivity contribution in [3.8, 4) is 5.75 Å². The zero-order chi connectivity index (χ0) is 10.1. The number of aryl methyl sites for hydroxylation is 1. The van der Waals surface area contributed by atoms with Crippen LogP contribution in [0.25, 0.3) is 10.1 Å². The van der Waals surface area contributed by atoms with Gasteiger partial charge in [0.2, 0.25) is 0 Å². The van der Waals surface area contributed by atoms with Crippen LogP contribution in [0.15, 0.2) is 18.2 Å². The molecule has 0 unspecified atom stereocenters. The second-order valence-corrected chi connectivity index (χ2v) is 4.28. The van der Waals surface area contributed by atoms with Crippen LogP contribution in [0.2, 0.25) is 0 Å². The molecule has 0 atom stereocenters. The molecule has 0 saturated heterocycles. The van der Waals surface area contributed by atoms with E-state index < -0.39 is 0 Å². The number of carbonyl (C=O) groups is 1. The van der Waals surface area contributed by atoms with Gasteiger partial charge < -0.3 is 5.11 Å². The molecule has 2 aromatic rings. The Bertz CT molecular complexity index is 485. The number of aromatic hydroxyl groups is 1. The minimum Gasteiger partial charge on any atom is -0.506 e. The number of phenols is 1. The number of thiophene rings is 1. The maximum Gasteiger partial charge on any atom is 0.150 e. The first-order valence-electron chi connectivity index (χ1n) is 4.45. The molecule has 0 aliphatic heterocycles. The van der Waals surface area contributed by atoms with Crippen LogP contribution < -0.4 is 0 Å². The number of rotatable bonds is 2. The Morgan fingerprint density at radius 1 is 1.43 bits per heavy atom. The Labute approximate surface area is 85.8 Å². The highest BCUT2D eigenvalue weighted by Gasteiger charge is 2.06. The third kappa shape index (κ3) is 1.40. The number of aldehydes is 1. The van der Waals surface area contributed by atoms with Crippen molar-refractivity contribution < 1.29 is 9.90 Å². The summed E-state index contributed by atoms with van der Waals surface area (Å²) in [4.78, 5) is 11.8. The van der Waals surface area contributed by atoms with Gasteiger partial charge in [-0.3, -0.25) is 4.79 Å². The van der Waals surface area contributed by atoms with Gasteiger partial charge in [-0.15, -0.1) is 11.3 Å². The van der Waals surface area contributed by atoms with Gasteiger partial charge in [-0.2, -0.15) is 0 Å². The van der Waals surface area contributed by atoms with E-state index in [0.717, 1.165) is 22.8 Å². The molecule has 0 spiro atoms. The Morgan fingerprint density at radius 2 is 2.21 bits per heavy atom. The highest BCUT2D eigenvalue weighted by atomic mass is 32.1. The molecule has 0 aliphatic rings. The second kappa shape index (κ2) is 3.42. The van der Waals surface area contributed by atoms with Crippen molar-refractivity contribution in [2.75, 3.05) is 0 Å². The minimum atomic E-state index is 0.203. The standard InChI is InChI=1S/C11H10O2S/c1-2-9-5-8-3-7(6-12)4-10(13)11(8)14-9/h3-6,13H,2H2,1H3. The van der Waals surface area contributed by atoms with E-state index in [2.05, 4.69) is 6.92 Å². The fraction of sp³-hybridized carbons (Fsp3) is 0.182. The lowest BCUT2D eigenvalue weighted by molar-refractivity contribution is 0.112. The second-order valence-electron chi connectivity index (χ2n) is 3.14. The summed E-state index contributed by atoms with van der Waals surface area (Å²) >= 11 is 1.58. The average molecular weight is 206 g/mol. The fourth-order valence-electron chi connectivity index (χ4n) is 1.45. The normalized spacial score (nSPS) is 10.6. The van der Waals surface area contributed by atoms with E-state index in [1.807, 2.05) is 6.07 Å². The van der Waals surface area contributed by atoms with Crippen LogP contribution in [-0.4, -0.2) is 11.4 Å². The van der Waals surface area contributed by atoms with Crippen molar-refractivity contribution in [2.24, 2.45) is 0 Å². The zero-order valence-corrected chi connectivity index (χ0v) is 8.60. The largest absolute Gasteiger partial charge is 0.506 e. The lowest BCUT2D eigenvalue weighted by atomic mass is 10.1. The van der Waals surface area contributed by atoms with Gasteiger partial charge >= 0.3 is 0 Å². The first kappa shape index (κ1) is 9.21. The first-order chi connectivity index (χ1) is 6.74. The smallest absolute Gasteiger partial charge is 0.150 e. The van der Waals surface area contributed by atoms with Crippen LogP contribution in [0.3, 0.4) is 0 Å². The predicted molar refractivity (Wildman–Crippen MR) is 58.3 cm³/mol. The fourth-order valence-corrected chi connectivity index (χ4v) is 2.44. The third-order valence-corrected chi connectivity index (χ3v) is 3.47. The Balaban J connectivity index is 2.73. The van der Waals surface area contributed by atoms with Crippen LogP contribution in [0.4, 0.5) is 0 Å². The van der Waals surface area contributed by atoms with Gasteiger partial charge in [-0.25, -0.2) is 0 Å². The maximum absolute atomic E-state index is 10.6. The molecule has 14 heavy (non-hydrogen) atoms. The summed E-state index contributed by atoms with van der Waals surface area (Å²) < 4.78 is 0.868. The molecule has 1 aromatic carbocycles. The van der Waals surface area contributed by atoms with Crippen molar-refractivity contribution in [1.82, 2.24) is 0 Å². The average Bonchev–Trinajstić information content (AvgIpc) is 2.61. The Hall–Kier alpha value is -1.35. The molecule has 2 nitrogen and oxygen atoms in total. The first-order valence-corrected chi connectivity index (χ1v) is 5.27. The lowest BCUT2D eigenvalue weighted by Crippen LogP contribution is -1.77. The van der Waals surface area contributed by atoms with Crippen LogP contribution in [0.1, 0.15) is 22.2 Å². The van der Waals surface area contributed by atoms with Crippen molar-refractivity contribution in [3.05, 3.63) is 28.6 Å². The predicted octanol–water partition coefficient (Wildman–Crippen LogP) is 2.98. The molecule has 1 N–H and O–H groups in total. The van der Waals surface area contributed by atoms with Crippen molar-refractivity contribution in [2.45, 2.75) is 13.3 Å². The van der Waals surface area contributed by atoms with E-state index in [9.17, 15) is 9.90 Å². The molecule has 72 valence electrons. The molecule has 1 aromatic heterocycles. The summed E-state index contributed by atoms with van der Waals surface area (Å²) in [5.74, 6) is 0.203. The molecule has 0 fully saturated rings. The highest BCUT2D eigenvalue weighted by Crippen LogP contribution is 2.33. The molecular weight excluding hydrogens is 196 g/mol. The third-order valence-electron chi connectivity index (χ3n) is 2.15. The van der Waals surface area contributed by atoms with Gasteiger partial charge in [0.1, 0.15) is 12.0 Å². The SMILES string of the molecule is CCc1cc2cc(C=O)cc(O)c2s1. The molecule has 0 aliphatic carbocycles. The summed E-state index contributed by atoms with van der Waals surface area (Å²) in [6, 6.07) is 5.33. The molecule has 3 heteroatoms. The number of hydrogen-bond acceptors (Lipinski definition) is 3. The minimum absolute atomic E-state index is 0.203. The van der Waals surface area contributed by atoms with Gasteiger partial charge in [-0.1, -0.05) is 6.92 Å². The van der Waals surface area contributed by atoms with E-state index in [0.29, 0.717) is 5.56 Å². The van der Waals surface area contributed by atoms with Crippen LogP contribution >= 0.6 is 11.3 Å². The van der Waals surface area contributed by atoms with E-state index in [-0.39, 0.29) is 5.75 Å². The molecule has 1 heterocycles. The number of phenolic OH excluding ortho intramolecular Hbond substituents is 1. The van der Waals surface area contributed by atoms with E-state index >= 15 is 0 Å². The number of benzene rings is 1. The van der Waals surface area contributed by atoms with Crippen LogP contribution in [-0.2, 0) is 6.42 Å².